The Kier molecular flexibility index (Phi) is 4.25. The number of nitrogens with zero attached hydrogens (tertiary/aromatic N) is 3. The van der Waals surface area contributed by atoms with Gasteiger partial charge in [-0.3, -0.25) is 24.1 Å². The van der Waals surface area contributed by atoms with Gasteiger partial charge in [-0.2, -0.15) is 0 Å². The van der Waals surface area contributed by atoms with Crippen LogP contribution in [0.1, 0.15) is 32.1 Å². The highest BCUT2D eigenvalue weighted by Crippen LogP contribution is 2.22. The SMILES string of the molecule is O=C(c1ccccc1)c1nc2ccccn2c1C(=O)c1cccc([N+](=O)[O-])c1. The van der Waals surface area contributed by atoms with Crippen LogP contribution < -0.4 is 0 Å². The van der Waals surface area contributed by atoms with E-state index in [2.05, 4.69) is 4.98 Å². The van der Waals surface area contributed by atoms with Gasteiger partial charge in [-0.05, 0) is 12.1 Å². The summed E-state index contributed by atoms with van der Waals surface area (Å²) in [6, 6.07) is 19.1. The zero-order valence-electron chi connectivity index (χ0n) is 14.5. The largest absolute Gasteiger partial charge is 0.296 e. The Labute approximate surface area is 159 Å². The molecule has 2 heterocycles. The molecule has 0 aliphatic heterocycles. The standard InChI is InChI=1S/C21H13N3O4/c25-20(14-7-2-1-3-8-14)18-19(23-12-5-4-11-17(23)22-18)21(26)15-9-6-10-16(13-15)24(27)28/h1-13H. The molecule has 0 amide bonds. The number of aromatic nitrogens is 2. The van der Waals surface area contributed by atoms with Crippen molar-refractivity contribution in [1.29, 1.82) is 0 Å². The van der Waals surface area contributed by atoms with E-state index in [1.165, 1.54) is 28.7 Å². The lowest BCUT2D eigenvalue weighted by Gasteiger charge is -2.05. The zero-order valence-corrected chi connectivity index (χ0v) is 14.5. The number of non-ortho nitro benzene ring substituents is 1. The molecule has 2 aromatic carbocycles. The van der Waals surface area contributed by atoms with Crippen LogP contribution >= 0.6 is 0 Å². The summed E-state index contributed by atoms with van der Waals surface area (Å²) in [7, 11) is 0. The summed E-state index contributed by atoms with van der Waals surface area (Å²) >= 11 is 0. The van der Waals surface area contributed by atoms with Crippen molar-refractivity contribution in [2.45, 2.75) is 0 Å². The molecule has 0 bridgehead atoms. The van der Waals surface area contributed by atoms with E-state index in [1.807, 2.05) is 0 Å². The van der Waals surface area contributed by atoms with Crippen molar-refractivity contribution in [2.75, 3.05) is 0 Å². The molecule has 7 heteroatoms. The second-order valence-electron chi connectivity index (χ2n) is 6.07. The molecule has 0 saturated heterocycles. The topological polar surface area (TPSA) is 94.6 Å². The second kappa shape index (κ2) is 6.88. The highest BCUT2D eigenvalue weighted by molar-refractivity contribution is 6.18. The molecule has 0 aliphatic rings. The first kappa shape index (κ1) is 17.3. The molecule has 7 nitrogen and oxygen atoms in total. The maximum atomic E-state index is 13.2. The molecule has 0 aliphatic carbocycles. The molecule has 4 rings (SSSR count). The average Bonchev–Trinajstić information content (AvgIpc) is 3.13. The molecule has 28 heavy (non-hydrogen) atoms. The molecule has 0 saturated carbocycles. The molecule has 0 atom stereocenters. The molecule has 2 aromatic heterocycles. The number of benzene rings is 2. The fourth-order valence-corrected chi connectivity index (χ4v) is 2.99. The van der Waals surface area contributed by atoms with E-state index in [0.29, 0.717) is 11.2 Å². The minimum Gasteiger partial charge on any atom is -0.296 e. The number of carbonyl (C=O) groups excluding carboxylic acids is 2. The van der Waals surface area contributed by atoms with Gasteiger partial charge in [0.1, 0.15) is 17.0 Å². The average molecular weight is 371 g/mol. The number of rotatable bonds is 5. The van der Waals surface area contributed by atoms with E-state index in [4.69, 9.17) is 0 Å². The molecule has 0 unspecified atom stereocenters. The molecule has 0 spiro atoms. The minimum atomic E-state index is -0.568. The lowest BCUT2D eigenvalue weighted by atomic mass is 10.0. The van der Waals surface area contributed by atoms with Crippen molar-refractivity contribution < 1.29 is 14.5 Å². The first-order valence-electron chi connectivity index (χ1n) is 8.42. The zero-order chi connectivity index (χ0) is 19.7. The van der Waals surface area contributed by atoms with Crippen molar-refractivity contribution in [2.24, 2.45) is 0 Å². The van der Waals surface area contributed by atoms with Crippen LogP contribution in [0, 0.1) is 10.1 Å². The lowest BCUT2D eigenvalue weighted by Crippen LogP contribution is -2.13. The van der Waals surface area contributed by atoms with Crippen LogP contribution in [0.25, 0.3) is 5.65 Å². The molecule has 0 N–H and O–H groups in total. The molecule has 0 radical (unpaired) electrons. The summed E-state index contributed by atoms with van der Waals surface area (Å²) in [6.07, 6.45) is 1.63. The van der Waals surface area contributed by atoms with Gasteiger partial charge in [0.2, 0.25) is 11.6 Å². The molecular formula is C21H13N3O4. The fourth-order valence-electron chi connectivity index (χ4n) is 2.99. The molecule has 0 fully saturated rings. The van der Waals surface area contributed by atoms with E-state index in [-0.39, 0.29) is 22.6 Å². The van der Waals surface area contributed by atoms with E-state index in [9.17, 15) is 19.7 Å². The van der Waals surface area contributed by atoms with Crippen molar-refractivity contribution in [1.82, 2.24) is 9.38 Å². The highest BCUT2D eigenvalue weighted by Gasteiger charge is 2.26. The maximum absolute atomic E-state index is 13.2. The predicted octanol–water partition coefficient (Wildman–Crippen LogP) is 3.70. The number of fused-ring (bicyclic) bond motifs is 1. The van der Waals surface area contributed by atoms with E-state index in [0.717, 1.165) is 0 Å². The van der Waals surface area contributed by atoms with Crippen molar-refractivity contribution >= 4 is 22.9 Å². The number of pyridine rings is 1. The third-order valence-electron chi connectivity index (χ3n) is 4.32. The number of hydrogen-bond donors (Lipinski definition) is 0. The quantitative estimate of drug-likeness (QED) is 0.303. The van der Waals surface area contributed by atoms with Gasteiger partial charge in [0.15, 0.2) is 0 Å². The summed E-state index contributed by atoms with van der Waals surface area (Å²) in [4.78, 5) is 41.1. The number of ketones is 2. The van der Waals surface area contributed by atoms with Crippen LogP contribution in [0.2, 0.25) is 0 Å². The summed E-state index contributed by atoms with van der Waals surface area (Å²) in [5, 5.41) is 11.1. The van der Waals surface area contributed by atoms with Crippen LogP contribution in [-0.4, -0.2) is 25.9 Å². The smallest absolute Gasteiger partial charge is 0.270 e. The fraction of sp³-hybridized carbons (Fsp3) is 0. The van der Waals surface area contributed by atoms with Crippen LogP contribution in [0.4, 0.5) is 5.69 Å². The first-order chi connectivity index (χ1) is 13.6. The second-order valence-corrected chi connectivity index (χ2v) is 6.07. The Morgan fingerprint density at radius 3 is 2.32 bits per heavy atom. The van der Waals surface area contributed by atoms with Gasteiger partial charge in [-0.1, -0.05) is 48.5 Å². The number of nitro groups is 1. The first-order valence-corrected chi connectivity index (χ1v) is 8.42. The third-order valence-corrected chi connectivity index (χ3v) is 4.32. The van der Waals surface area contributed by atoms with E-state index >= 15 is 0 Å². The summed E-state index contributed by atoms with van der Waals surface area (Å²) in [5.74, 6) is -0.903. The van der Waals surface area contributed by atoms with Gasteiger partial charge in [0.05, 0.1) is 4.92 Å². The number of hydrogen-bond acceptors (Lipinski definition) is 5. The van der Waals surface area contributed by atoms with Gasteiger partial charge in [-0.15, -0.1) is 0 Å². The normalized spacial score (nSPS) is 10.7. The molecular weight excluding hydrogens is 358 g/mol. The van der Waals surface area contributed by atoms with Crippen LogP contribution in [-0.2, 0) is 0 Å². The van der Waals surface area contributed by atoms with Crippen molar-refractivity contribution in [3.63, 3.8) is 0 Å². The number of carbonyl (C=O) groups is 2. The Hall–Kier alpha value is -4.13. The van der Waals surface area contributed by atoms with E-state index < -0.39 is 16.5 Å². The number of nitro benzene ring substituents is 1. The van der Waals surface area contributed by atoms with Crippen LogP contribution in [0.5, 0.6) is 0 Å². The summed E-state index contributed by atoms with van der Waals surface area (Å²) in [5.41, 5.74) is 0.839. The Balaban J connectivity index is 1.91. The summed E-state index contributed by atoms with van der Waals surface area (Å²) in [6.45, 7) is 0. The summed E-state index contributed by atoms with van der Waals surface area (Å²) < 4.78 is 1.53. The Morgan fingerprint density at radius 2 is 1.57 bits per heavy atom. The third kappa shape index (κ3) is 2.95. The lowest BCUT2D eigenvalue weighted by molar-refractivity contribution is -0.384. The van der Waals surface area contributed by atoms with Gasteiger partial charge < -0.3 is 0 Å². The van der Waals surface area contributed by atoms with Crippen molar-refractivity contribution in [3.8, 4) is 0 Å². The van der Waals surface area contributed by atoms with Gasteiger partial charge >= 0.3 is 0 Å². The monoisotopic (exact) mass is 371 g/mol. The molecule has 4 aromatic rings. The predicted molar refractivity (Wildman–Crippen MR) is 102 cm³/mol. The minimum absolute atomic E-state index is 0.00825. The number of imidazole rings is 1. The molecule has 136 valence electrons. The maximum Gasteiger partial charge on any atom is 0.270 e. The van der Waals surface area contributed by atoms with Gasteiger partial charge in [0.25, 0.3) is 5.69 Å². The Bertz CT molecular complexity index is 1230. The van der Waals surface area contributed by atoms with Crippen molar-refractivity contribution in [3.05, 3.63) is 112 Å². The van der Waals surface area contributed by atoms with Gasteiger partial charge in [-0.25, -0.2) is 4.98 Å². The van der Waals surface area contributed by atoms with E-state index in [1.54, 1.807) is 54.7 Å². The van der Waals surface area contributed by atoms with Crippen LogP contribution in [0.15, 0.2) is 79.0 Å². The van der Waals surface area contributed by atoms with Crippen LogP contribution in [0.3, 0.4) is 0 Å². The Morgan fingerprint density at radius 1 is 0.857 bits per heavy atom. The highest BCUT2D eigenvalue weighted by atomic mass is 16.6. The van der Waals surface area contributed by atoms with Gasteiger partial charge in [0, 0.05) is 29.5 Å².